The quantitative estimate of drug-likeness (QED) is 0.597. The second kappa shape index (κ2) is 5.83. The molecule has 18 heavy (non-hydrogen) atoms. The fourth-order valence-electron chi connectivity index (χ4n) is 1.57. The van der Waals surface area contributed by atoms with Gasteiger partial charge in [0, 0.05) is 17.1 Å². The van der Waals surface area contributed by atoms with Gasteiger partial charge in [-0.15, -0.1) is 0 Å². The summed E-state index contributed by atoms with van der Waals surface area (Å²) in [6, 6.07) is 9.80. The van der Waals surface area contributed by atoms with Gasteiger partial charge in [0.15, 0.2) is 0 Å². The van der Waals surface area contributed by atoms with Crippen molar-refractivity contribution in [1.29, 1.82) is 0 Å². The number of para-hydroxylation sites is 1. The maximum atomic E-state index is 11.1. The van der Waals surface area contributed by atoms with E-state index in [4.69, 9.17) is 4.74 Å². The standard InChI is InChI=1S/C15H13NO2/c1-2-18-15(17)9-5-6-12-10-13-7-3-4-8-14(13)16-11-12/h3-4,7-8,10-11H,2,9H2,1H3. The third kappa shape index (κ3) is 3.08. The zero-order valence-corrected chi connectivity index (χ0v) is 10.1. The molecule has 3 nitrogen and oxygen atoms in total. The third-order valence-electron chi connectivity index (χ3n) is 2.36. The predicted octanol–water partition coefficient (Wildman–Crippen LogP) is 2.54. The Morgan fingerprint density at radius 1 is 1.39 bits per heavy atom. The van der Waals surface area contributed by atoms with Crippen LogP contribution in [0, 0.1) is 11.8 Å². The Kier molecular flexibility index (Phi) is 3.93. The summed E-state index contributed by atoms with van der Waals surface area (Å²) in [4.78, 5) is 15.4. The first-order chi connectivity index (χ1) is 8.79. The molecule has 0 spiro atoms. The molecule has 0 bridgehead atoms. The number of pyridine rings is 1. The smallest absolute Gasteiger partial charge is 0.317 e. The third-order valence-corrected chi connectivity index (χ3v) is 2.36. The predicted molar refractivity (Wildman–Crippen MR) is 69.9 cm³/mol. The molecular weight excluding hydrogens is 226 g/mol. The van der Waals surface area contributed by atoms with E-state index in [0.29, 0.717) is 6.61 Å². The number of hydrogen-bond donors (Lipinski definition) is 0. The second-order valence-electron chi connectivity index (χ2n) is 3.70. The molecule has 90 valence electrons. The molecule has 0 atom stereocenters. The van der Waals surface area contributed by atoms with Crippen molar-refractivity contribution in [2.24, 2.45) is 0 Å². The van der Waals surface area contributed by atoms with Crippen LogP contribution in [-0.2, 0) is 9.53 Å². The molecule has 1 aromatic carbocycles. The summed E-state index contributed by atoms with van der Waals surface area (Å²) in [5.74, 6) is 5.41. The van der Waals surface area contributed by atoms with Crippen LogP contribution in [0.2, 0.25) is 0 Å². The first kappa shape index (κ1) is 12.1. The Hall–Kier alpha value is -2.34. The molecule has 2 aromatic rings. The minimum absolute atomic E-state index is 0.112. The topological polar surface area (TPSA) is 39.2 Å². The van der Waals surface area contributed by atoms with E-state index in [9.17, 15) is 4.79 Å². The largest absolute Gasteiger partial charge is 0.465 e. The number of nitrogens with zero attached hydrogens (tertiary/aromatic N) is 1. The average Bonchev–Trinajstić information content (AvgIpc) is 2.39. The zero-order valence-electron chi connectivity index (χ0n) is 10.1. The van der Waals surface area contributed by atoms with E-state index in [1.807, 2.05) is 30.3 Å². The SMILES string of the molecule is CCOC(=O)CC#Cc1cnc2ccccc2c1. The highest BCUT2D eigenvalue weighted by molar-refractivity contribution is 5.79. The highest BCUT2D eigenvalue weighted by Gasteiger charge is 1.97. The molecule has 0 saturated carbocycles. The molecule has 1 heterocycles. The summed E-state index contributed by atoms with van der Waals surface area (Å²) < 4.78 is 4.79. The number of benzene rings is 1. The molecular formula is C15H13NO2. The van der Waals surface area contributed by atoms with Crippen molar-refractivity contribution in [3.63, 3.8) is 0 Å². The Bertz CT molecular complexity index is 623. The molecule has 0 aliphatic rings. The van der Waals surface area contributed by atoms with Gasteiger partial charge in [0.2, 0.25) is 0 Å². The molecule has 0 aliphatic carbocycles. The monoisotopic (exact) mass is 239 g/mol. The van der Waals surface area contributed by atoms with Crippen LogP contribution in [0.4, 0.5) is 0 Å². The first-order valence-electron chi connectivity index (χ1n) is 5.79. The minimum Gasteiger partial charge on any atom is -0.465 e. The van der Waals surface area contributed by atoms with Crippen LogP contribution in [0.15, 0.2) is 36.5 Å². The molecule has 0 saturated heterocycles. The van der Waals surface area contributed by atoms with Gasteiger partial charge in [0.1, 0.15) is 6.42 Å². The molecule has 1 aromatic heterocycles. The average molecular weight is 239 g/mol. The van der Waals surface area contributed by atoms with Gasteiger partial charge in [-0.3, -0.25) is 9.78 Å². The number of ether oxygens (including phenoxy) is 1. The number of aromatic nitrogens is 1. The van der Waals surface area contributed by atoms with Crippen molar-refractivity contribution in [2.75, 3.05) is 6.61 Å². The van der Waals surface area contributed by atoms with Crippen molar-refractivity contribution in [2.45, 2.75) is 13.3 Å². The Balaban J connectivity index is 2.12. The van der Waals surface area contributed by atoms with Crippen LogP contribution in [0.25, 0.3) is 10.9 Å². The fourth-order valence-corrected chi connectivity index (χ4v) is 1.57. The van der Waals surface area contributed by atoms with Gasteiger partial charge in [-0.05, 0) is 19.1 Å². The van der Waals surface area contributed by atoms with Crippen molar-refractivity contribution in [3.05, 3.63) is 42.1 Å². The lowest BCUT2D eigenvalue weighted by Crippen LogP contribution is -2.01. The summed E-state index contributed by atoms with van der Waals surface area (Å²) in [6.45, 7) is 2.16. The number of rotatable bonds is 2. The van der Waals surface area contributed by atoms with Gasteiger partial charge >= 0.3 is 5.97 Å². The lowest BCUT2D eigenvalue weighted by Gasteiger charge is -1.97. The van der Waals surface area contributed by atoms with Crippen LogP contribution >= 0.6 is 0 Å². The zero-order chi connectivity index (χ0) is 12.8. The van der Waals surface area contributed by atoms with Crippen molar-refractivity contribution in [3.8, 4) is 11.8 Å². The number of carbonyl (C=O) groups excluding carboxylic acids is 1. The molecule has 0 unspecified atom stereocenters. The number of hydrogen-bond acceptors (Lipinski definition) is 3. The van der Waals surface area contributed by atoms with E-state index in [0.717, 1.165) is 16.5 Å². The maximum absolute atomic E-state index is 11.1. The summed E-state index contributed by atoms with van der Waals surface area (Å²) in [6.07, 6.45) is 1.82. The van der Waals surface area contributed by atoms with Gasteiger partial charge in [-0.2, -0.15) is 0 Å². The molecule has 3 heteroatoms. The van der Waals surface area contributed by atoms with Gasteiger partial charge in [-0.25, -0.2) is 0 Å². The summed E-state index contributed by atoms with van der Waals surface area (Å²) >= 11 is 0. The van der Waals surface area contributed by atoms with Crippen LogP contribution in [-0.4, -0.2) is 17.6 Å². The fraction of sp³-hybridized carbons (Fsp3) is 0.200. The summed E-state index contributed by atoms with van der Waals surface area (Å²) in [5, 5.41) is 1.04. The molecule has 0 radical (unpaired) electrons. The van der Waals surface area contributed by atoms with E-state index in [2.05, 4.69) is 16.8 Å². The summed E-state index contributed by atoms with van der Waals surface area (Å²) in [5.41, 5.74) is 1.74. The number of carbonyl (C=O) groups is 1. The Labute approximate surface area is 106 Å². The molecule has 0 N–H and O–H groups in total. The van der Waals surface area contributed by atoms with Gasteiger partial charge in [0.05, 0.1) is 12.1 Å². The Morgan fingerprint density at radius 3 is 3.06 bits per heavy atom. The Morgan fingerprint density at radius 2 is 2.22 bits per heavy atom. The van der Waals surface area contributed by atoms with Gasteiger partial charge in [-0.1, -0.05) is 30.0 Å². The van der Waals surface area contributed by atoms with Crippen LogP contribution < -0.4 is 0 Å². The number of esters is 1. The maximum Gasteiger partial charge on any atom is 0.317 e. The molecule has 2 rings (SSSR count). The van der Waals surface area contributed by atoms with E-state index < -0.39 is 0 Å². The van der Waals surface area contributed by atoms with Gasteiger partial charge in [0.25, 0.3) is 0 Å². The summed E-state index contributed by atoms with van der Waals surface area (Å²) in [7, 11) is 0. The lowest BCUT2D eigenvalue weighted by atomic mass is 10.1. The molecule has 0 fully saturated rings. The lowest BCUT2D eigenvalue weighted by molar-refractivity contribution is -0.141. The van der Waals surface area contributed by atoms with E-state index in [1.165, 1.54) is 0 Å². The highest BCUT2D eigenvalue weighted by atomic mass is 16.5. The minimum atomic E-state index is -0.293. The van der Waals surface area contributed by atoms with Crippen LogP contribution in [0.1, 0.15) is 18.9 Å². The van der Waals surface area contributed by atoms with Crippen molar-refractivity contribution in [1.82, 2.24) is 4.98 Å². The van der Waals surface area contributed by atoms with E-state index in [-0.39, 0.29) is 12.4 Å². The van der Waals surface area contributed by atoms with Crippen LogP contribution in [0.5, 0.6) is 0 Å². The van der Waals surface area contributed by atoms with Gasteiger partial charge < -0.3 is 4.74 Å². The van der Waals surface area contributed by atoms with Crippen molar-refractivity contribution >= 4 is 16.9 Å². The first-order valence-corrected chi connectivity index (χ1v) is 5.79. The molecule has 0 aliphatic heterocycles. The highest BCUT2D eigenvalue weighted by Crippen LogP contribution is 2.11. The molecule has 0 amide bonds. The second-order valence-corrected chi connectivity index (χ2v) is 3.70. The van der Waals surface area contributed by atoms with Crippen LogP contribution in [0.3, 0.4) is 0 Å². The van der Waals surface area contributed by atoms with E-state index >= 15 is 0 Å². The number of fused-ring (bicyclic) bond motifs is 1. The normalized spacial score (nSPS) is 9.61. The van der Waals surface area contributed by atoms with Crippen molar-refractivity contribution < 1.29 is 9.53 Å². The van der Waals surface area contributed by atoms with E-state index in [1.54, 1.807) is 13.1 Å².